The molecule has 4 amide bonds. The third kappa shape index (κ3) is 8.06. The highest BCUT2D eigenvalue weighted by Gasteiger charge is 2.21. The number of amides is 4. The summed E-state index contributed by atoms with van der Waals surface area (Å²) in [5.74, 6) is -1.38. The summed E-state index contributed by atoms with van der Waals surface area (Å²) in [4.78, 5) is 49.7. The Morgan fingerprint density at radius 2 is 1.75 bits per heavy atom. The smallest absolute Gasteiger partial charge is 0.328 e. The van der Waals surface area contributed by atoms with Crippen molar-refractivity contribution in [3.63, 3.8) is 0 Å². The first-order chi connectivity index (χ1) is 19.0. The molecule has 4 N–H and O–H groups in total. The molecule has 0 saturated heterocycles. The van der Waals surface area contributed by atoms with Gasteiger partial charge >= 0.3 is 12.0 Å². The van der Waals surface area contributed by atoms with E-state index < -0.39 is 23.9 Å². The molecule has 0 bridgehead atoms. The average molecular weight is 551 g/mol. The number of anilines is 2. The van der Waals surface area contributed by atoms with Gasteiger partial charge in [0.05, 0.1) is 38.0 Å². The van der Waals surface area contributed by atoms with Crippen molar-refractivity contribution in [3.8, 4) is 5.75 Å². The van der Waals surface area contributed by atoms with Crippen molar-refractivity contribution in [2.45, 2.75) is 46.3 Å². The van der Waals surface area contributed by atoms with Crippen LogP contribution in [0.25, 0.3) is 0 Å². The van der Waals surface area contributed by atoms with Crippen molar-refractivity contribution in [2.75, 3.05) is 24.8 Å². The molecule has 1 aromatic heterocycles. The summed E-state index contributed by atoms with van der Waals surface area (Å²) in [6, 6.07) is 12.8. The number of methoxy groups -OCH3 is 1. The second-order valence-corrected chi connectivity index (χ2v) is 9.41. The van der Waals surface area contributed by atoms with E-state index in [0.717, 1.165) is 5.56 Å². The second kappa shape index (κ2) is 13.3. The van der Waals surface area contributed by atoms with Crippen molar-refractivity contribution in [2.24, 2.45) is 0 Å². The highest BCUT2D eigenvalue weighted by atomic mass is 16.5. The zero-order chi connectivity index (χ0) is 29.4. The molecule has 3 rings (SSSR count). The number of rotatable bonds is 11. The molecule has 212 valence electrons. The maximum atomic E-state index is 12.9. The number of nitrogens with one attached hydrogen (secondary N) is 3. The van der Waals surface area contributed by atoms with Crippen LogP contribution in [-0.2, 0) is 33.9 Å². The van der Waals surface area contributed by atoms with E-state index in [9.17, 15) is 24.3 Å². The number of carbonyl (C=O) groups excluding carboxylic acids is 3. The number of aliphatic carboxylic acids is 1. The standard InChI is InChI=1S/C28H34N6O6/c1-17-8-6-7-9-22(17)30-28(39)31-23-11-10-20(13-25(23)40-5)14-26(36)33(4)15-21-12-18(2)34(32-21)16-24(27(37)38)29-19(3)35/h6-13,24H,14-16H2,1-5H3,(H,29,35)(H,37,38)(H2,30,31,39). The zero-order valence-corrected chi connectivity index (χ0v) is 23.1. The van der Waals surface area contributed by atoms with Gasteiger partial charge in [0, 0.05) is 25.4 Å². The molecule has 0 aliphatic carbocycles. The van der Waals surface area contributed by atoms with Gasteiger partial charge in [0.2, 0.25) is 11.8 Å². The SMILES string of the molecule is COc1cc(CC(=O)N(C)Cc2cc(C)n(CC(NC(C)=O)C(=O)O)n2)ccc1NC(=O)Nc1ccccc1C. The summed E-state index contributed by atoms with van der Waals surface area (Å²) < 4.78 is 6.93. The van der Waals surface area contributed by atoms with Gasteiger partial charge in [0.25, 0.3) is 0 Å². The summed E-state index contributed by atoms with van der Waals surface area (Å²) in [6.45, 7) is 5.09. The number of benzene rings is 2. The molecule has 0 saturated carbocycles. The molecule has 2 aromatic carbocycles. The number of hydrogen-bond donors (Lipinski definition) is 4. The van der Waals surface area contributed by atoms with Crippen LogP contribution >= 0.6 is 0 Å². The van der Waals surface area contributed by atoms with E-state index in [0.29, 0.717) is 34.1 Å². The number of carboxylic acid groups (broad SMARTS) is 1. The predicted molar refractivity (Wildman–Crippen MR) is 149 cm³/mol. The van der Waals surface area contributed by atoms with Crippen LogP contribution < -0.4 is 20.7 Å². The molecule has 0 fully saturated rings. The Hall–Kier alpha value is -4.87. The Morgan fingerprint density at radius 1 is 1.05 bits per heavy atom. The molecule has 0 aliphatic heterocycles. The van der Waals surface area contributed by atoms with Crippen molar-refractivity contribution >= 4 is 35.2 Å². The maximum absolute atomic E-state index is 12.9. The van der Waals surface area contributed by atoms with Gasteiger partial charge in [-0.15, -0.1) is 0 Å². The monoisotopic (exact) mass is 550 g/mol. The number of aromatic nitrogens is 2. The Bertz CT molecular complexity index is 1400. The number of ether oxygens (including phenoxy) is 1. The zero-order valence-electron chi connectivity index (χ0n) is 23.1. The molecular formula is C28H34N6O6. The first-order valence-electron chi connectivity index (χ1n) is 12.5. The van der Waals surface area contributed by atoms with Crippen molar-refractivity contribution in [1.29, 1.82) is 0 Å². The van der Waals surface area contributed by atoms with E-state index in [1.807, 2.05) is 31.2 Å². The highest BCUT2D eigenvalue weighted by Crippen LogP contribution is 2.26. The molecule has 40 heavy (non-hydrogen) atoms. The summed E-state index contributed by atoms with van der Waals surface area (Å²) in [6.07, 6.45) is 0.0891. The minimum absolute atomic E-state index is 0.0401. The van der Waals surface area contributed by atoms with Gasteiger partial charge in [-0.2, -0.15) is 5.10 Å². The fourth-order valence-corrected chi connectivity index (χ4v) is 4.02. The number of aryl methyl sites for hydroxylation is 2. The van der Waals surface area contributed by atoms with Gasteiger partial charge < -0.3 is 30.7 Å². The normalized spacial score (nSPS) is 11.3. The first-order valence-corrected chi connectivity index (χ1v) is 12.5. The average Bonchev–Trinajstić information content (AvgIpc) is 3.23. The summed E-state index contributed by atoms with van der Waals surface area (Å²) >= 11 is 0. The van der Waals surface area contributed by atoms with E-state index in [2.05, 4.69) is 21.0 Å². The number of carbonyl (C=O) groups is 4. The molecule has 0 aliphatic rings. The van der Waals surface area contributed by atoms with E-state index in [4.69, 9.17) is 4.74 Å². The lowest BCUT2D eigenvalue weighted by atomic mass is 10.1. The number of nitrogens with zero attached hydrogens (tertiary/aromatic N) is 3. The van der Waals surface area contributed by atoms with Gasteiger partial charge in [-0.1, -0.05) is 24.3 Å². The fraction of sp³-hybridized carbons (Fsp3) is 0.321. The minimum atomic E-state index is -1.16. The highest BCUT2D eigenvalue weighted by molar-refractivity contribution is 6.01. The second-order valence-electron chi connectivity index (χ2n) is 9.41. The van der Waals surface area contributed by atoms with Crippen LogP contribution in [0.3, 0.4) is 0 Å². The van der Waals surface area contributed by atoms with Crippen molar-refractivity contribution in [1.82, 2.24) is 20.0 Å². The lowest BCUT2D eigenvalue weighted by molar-refractivity contribution is -0.142. The number of urea groups is 1. The van der Waals surface area contributed by atoms with E-state index in [1.165, 1.54) is 23.6 Å². The third-order valence-electron chi connectivity index (χ3n) is 6.15. The van der Waals surface area contributed by atoms with Crippen molar-refractivity contribution in [3.05, 3.63) is 71.0 Å². The number of carboxylic acids is 1. The van der Waals surface area contributed by atoms with Crippen LogP contribution in [0.5, 0.6) is 5.75 Å². The lowest BCUT2D eigenvalue weighted by Gasteiger charge is -2.17. The largest absolute Gasteiger partial charge is 0.495 e. The van der Waals surface area contributed by atoms with Crippen LogP contribution in [-0.4, -0.2) is 63.8 Å². The Kier molecular flexibility index (Phi) is 9.85. The number of para-hydroxylation sites is 1. The molecule has 0 radical (unpaired) electrons. The molecule has 0 spiro atoms. The summed E-state index contributed by atoms with van der Waals surface area (Å²) in [5, 5.41) is 21.7. The van der Waals surface area contributed by atoms with Gasteiger partial charge in [-0.3, -0.25) is 14.3 Å². The van der Waals surface area contributed by atoms with Gasteiger partial charge in [0.15, 0.2) is 0 Å². The van der Waals surface area contributed by atoms with E-state index >= 15 is 0 Å². The molecule has 1 unspecified atom stereocenters. The maximum Gasteiger partial charge on any atom is 0.328 e. The third-order valence-corrected chi connectivity index (χ3v) is 6.15. The van der Waals surface area contributed by atoms with Gasteiger partial charge in [-0.25, -0.2) is 9.59 Å². The molecule has 12 heteroatoms. The van der Waals surface area contributed by atoms with Gasteiger partial charge in [0.1, 0.15) is 11.8 Å². The van der Waals surface area contributed by atoms with Gasteiger partial charge in [-0.05, 0) is 49.2 Å². The molecular weight excluding hydrogens is 516 g/mol. The summed E-state index contributed by atoms with van der Waals surface area (Å²) in [5.41, 5.74) is 4.06. The first kappa shape index (κ1) is 29.7. The van der Waals surface area contributed by atoms with Crippen LogP contribution in [0.15, 0.2) is 48.5 Å². The van der Waals surface area contributed by atoms with Crippen LogP contribution in [0.2, 0.25) is 0 Å². The van der Waals surface area contributed by atoms with E-state index in [1.54, 1.807) is 38.2 Å². The Balaban J connectivity index is 1.61. The van der Waals surface area contributed by atoms with Crippen LogP contribution in [0, 0.1) is 13.8 Å². The minimum Gasteiger partial charge on any atom is -0.495 e. The number of likely N-dealkylation sites (N-methyl/N-ethyl adjacent to an activating group) is 1. The quantitative estimate of drug-likeness (QED) is 0.286. The Morgan fingerprint density at radius 3 is 2.40 bits per heavy atom. The van der Waals surface area contributed by atoms with E-state index in [-0.39, 0.29) is 25.4 Å². The predicted octanol–water partition coefficient (Wildman–Crippen LogP) is 2.94. The molecule has 12 nitrogen and oxygen atoms in total. The van der Waals surface area contributed by atoms with Crippen LogP contribution in [0.1, 0.15) is 29.4 Å². The lowest BCUT2D eigenvalue weighted by Crippen LogP contribution is -2.43. The van der Waals surface area contributed by atoms with Crippen molar-refractivity contribution < 1.29 is 29.0 Å². The topological polar surface area (TPSA) is 155 Å². The fourth-order valence-electron chi connectivity index (χ4n) is 4.02. The molecule has 3 aromatic rings. The molecule has 1 heterocycles. The molecule has 1 atom stereocenters. The number of hydrogen-bond acceptors (Lipinski definition) is 6. The summed E-state index contributed by atoms with van der Waals surface area (Å²) in [7, 11) is 3.13. The van der Waals surface area contributed by atoms with Crippen LogP contribution in [0.4, 0.5) is 16.2 Å². The Labute approximate surface area is 232 Å².